The average Bonchev–Trinajstić information content (AvgIpc) is 2.64. The number of aromatic carboxylic acids is 1. The Morgan fingerprint density at radius 1 is 1.44 bits per heavy atom. The summed E-state index contributed by atoms with van der Waals surface area (Å²) < 4.78 is 10.6. The minimum absolute atomic E-state index is 0.187. The summed E-state index contributed by atoms with van der Waals surface area (Å²) in [5, 5.41) is 9.75. The van der Waals surface area contributed by atoms with Gasteiger partial charge >= 0.3 is 5.97 Å². The number of furan rings is 1. The standard InChI is InChI=1S/C12H12O4/c1-2-15-7-10-11(12(13)14)8-5-3-4-6-9(8)16-10/h3-6H,2,7H2,1H3,(H,13,14). The molecule has 0 saturated carbocycles. The maximum atomic E-state index is 11.1. The van der Waals surface area contributed by atoms with Crippen LogP contribution in [0.15, 0.2) is 28.7 Å². The summed E-state index contributed by atoms with van der Waals surface area (Å²) in [5.74, 6) is -0.616. The Balaban J connectivity index is 2.54. The van der Waals surface area contributed by atoms with E-state index in [0.29, 0.717) is 23.3 Å². The second-order valence-electron chi connectivity index (χ2n) is 3.34. The number of ether oxygens (including phenoxy) is 1. The third-order valence-corrected chi connectivity index (χ3v) is 2.32. The summed E-state index contributed by atoms with van der Waals surface area (Å²) in [6, 6.07) is 7.08. The number of hydrogen-bond donors (Lipinski definition) is 1. The maximum absolute atomic E-state index is 11.1. The lowest BCUT2D eigenvalue weighted by atomic mass is 10.1. The molecule has 1 aromatic carbocycles. The van der Waals surface area contributed by atoms with E-state index in [1.807, 2.05) is 13.0 Å². The van der Waals surface area contributed by atoms with E-state index >= 15 is 0 Å². The molecular formula is C12H12O4. The van der Waals surface area contributed by atoms with Gasteiger partial charge in [-0.1, -0.05) is 18.2 Å². The summed E-state index contributed by atoms with van der Waals surface area (Å²) in [6.45, 7) is 2.56. The zero-order valence-electron chi connectivity index (χ0n) is 8.90. The van der Waals surface area contributed by atoms with Crippen molar-refractivity contribution in [1.29, 1.82) is 0 Å². The molecule has 0 unspecified atom stereocenters. The Labute approximate surface area is 92.4 Å². The molecule has 84 valence electrons. The van der Waals surface area contributed by atoms with Gasteiger partial charge in [0.25, 0.3) is 0 Å². The van der Waals surface area contributed by atoms with Gasteiger partial charge in [-0.05, 0) is 13.0 Å². The summed E-state index contributed by atoms with van der Waals surface area (Å²) in [5.41, 5.74) is 0.777. The molecule has 1 aromatic heterocycles. The van der Waals surface area contributed by atoms with Crippen molar-refractivity contribution in [2.45, 2.75) is 13.5 Å². The zero-order valence-corrected chi connectivity index (χ0v) is 8.90. The lowest BCUT2D eigenvalue weighted by Gasteiger charge is -1.98. The molecule has 0 fully saturated rings. The van der Waals surface area contributed by atoms with E-state index in [1.54, 1.807) is 18.2 Å². The molecule has 0 bridgehead atoms. The molecular weight excluding hydrogens is 208 g/mol. The van der Waals surface area contributed by atoms with Crippen molar-refractivity contribution in [3.8, 4) is 0 Å². The van der Waals surface area contributed by atoms with Crippen LogP contribution in [0.3, 0.4) is 0 Å². The monoisotopic (exact) mass is 220 g/mol. The fourth-order valence-electron chi connectivity index (χ4n) is 1.63. The molecule has 16 heavy (non-hydrogen) atoms. The van der Waals surface area contributed by atoms with E-state index in [9.17, 15) is 4.79 Å². The van der Waals surface area contributed by atoms with Crippen molar-refractivity contribution >= 4 is 16.9 Å². The van der Waals surface area contributed by atoms with Crippen LogP contribution in [0.2, 0.25) is 0 Å². The molecule has 2 rings (SSSR count). The van der Waals surface area contributed by atoms with E-state index < -0.39 is 5.97 Å². The highest BCUT2D eigenvalue weighted by atomic mass is 16.5. The smallest absolute Gasteiger partial charge is 0.340 e. The highest BCUT2D eigenvalue weighted by molar-refractivity contribution is 6.03. The van der Waals surface area contributed by atoms with Crippen LogP contribution in [-0.4, -0.2) is 17.7 Å². The molecule has 2 aromatic rings. The number of carboxylic acid groups (broad SMARTS) is 1. The molecule has 0 aliphatic carbocycles. The van der Waals surface area contributed by atoms with Gasteiger partial charge in [0.2, 0.25) is 0 Å². The molecule has 1 heterocycles. The van der Waals surface area contributed by atoms with Gasteiger partial charge in [-0.25, -0.2) is 4.79 Å². The number of hydrogen-bond acceptors (Lipinski definition) is 3. The van der Waals surface area contributed by atoms with Gasteiger partial charge in [-0.15, -0.1) is 0 Å². The van der Waals surface area contributed by atoms with Gasteiger partial charge in [0, 0.05) is 12.0 Å². The number of rotatable bonds is 4. The van der Waals surface area contributed by atoms with Crippen LogP contribution in [-0.2, 0) is 11.3 Å². The topological polar surface area (TPSA) is 59.7 Å². The van der Waals surface area contributed by atoms with Crippen molar-refractivity contribution in [1.82, 2.24) is 0 Å². The van der Waals surface area contributed by atoms with Crippen LogP contribution in [0, 0.1) is 0 Å². The zero-order chi connectivity index (χ0) is 11.5. The number of fused-ring (bicyclic) bond motifs is 1. The molecule has 0 aliphatic heterocycles. The van der Waals surface area contributed by atoms with E-state index in [-0.39, 0.29) is 12.2 Å². The quantitative estimate of drug-likeness (QED) is 0.860. The normalized spacial score (nSPS) is 10.8. The van der Waals surface area contributed by atoms with E-state index in [2.05, 4.69) is 0 Å². The van der Waals surface area contributed by atoms with Crippen LogP contribution in [0.1, 0.15) is 23.0 Å². The Bertz CT molecular complexity index is 513. The van der Waals surface area contributed by atoms with Crippen molar-refractivity contribution in [3.05, 3.63) is 35.6 Å². The fourth-order valence-corrected chi connectivity index (χ4v) is 1.63. The van der Waals surface area contributed by atoms with Gasteiger partial charge in [0.15, 0.2) is 0 Å². The van der Waals surface area contributed by atoms with Gasteiger partial charge in [-0.2, -0.15) is 0 Å². The molecule has 4 nitrogen and oxygen atoms in total. The number of carboxylic acids is 1. The molecule has 1 N–H and O–H groups in total. The van der Waals surface area contributed by atoms with Crippen LogP contribution in [0.5, 0.6) is 0 Å². The van der Waals surface area contributed by atoms with Gasteiger partial charge in [0.05, 0.1) is 0 Å². The van der Waals surface area contributed by atoms with Gasteiger partial charge in [-0.3, -0.25) is 0 Å². The summed E-state index contributed by atoms with van der Waals surface area (Å²) in [7, 11) is 0. The molecule has 0 spiro atoms. The number of benzene rings is 1. The van der Waals surface area contributed by atoms with Crippen LogP contribution in [0.4, 0.5) is 0 Å². The van der Waals surface area contributed by atoms with Crippen molar-refractivity contribution in [2.75, 3.05) is 6.61 Å². The van der Waals surface area contributed by atoms with Crippen molar-refractivity contribution in [3.63, 3.8) is 0 Å². The van der Waals surface area contributed by atoms with E-state index in [0.717, 1.165) is 0 Å². The Hall–Kier alpha value is -1.81. The summed E-state index contributed by atoms with van der Waals surface area (Å²) in [4.78, 5) is 11.1. The Morgan fingerprint density at radius 3 is 2.88 bits per heavy atom. The minimum Gasteiger partial charge on any atom is -0.478 e. The second kappa shape index (κ2) is 4.37. The predicted octanol–water partition coefficient (Wildman–Crippen LogP) is 2.67. The van der Waals surface area contributed by atoms with E-state index in [1.165, 1.54) is 0 Å². The first-order valence-corrected chi connectivity index (χ1v) is 5.05. The van der Waals surface area contributed by atoms with Crippen LogP contribution in [0.25, 0.3) is 11.0 Å². The molecule has 0 amide bonds. The highest BCUT2D eigenvalue weighted by Gasteiger charge is 2.19. The van der Waals surface area contributed by atoms with Crippen molar-refractivity contribution in [2.24, 2.45) is 0 Å². The first kappa shape index (κ1) is 10.7. The van der Waals surface area contributed by atoms with Crippen LogP contribution < -0.4 is 0 Å². The summed E-state index contributed by atoms with van der Waals surface area (Å²) in [6.07, 6.45) is 0. The molecule has 0 saturated heterocycles. The van der Waals surface area contributed by atoms with Crippen molar-refractivity contribution < 1.29 is 19.1 Å². The highest BCUT2D eigenvalue weighted by Crippen LogP contribution is 2.26. The Morgan fingerprint density at radius 2 is 2.19 bits per heavy atom. The lowest BCUT2D eigenvalue weighted by molar-refractivity contribution is 0.0684. The number of carbonyl (C=O) groups is 1. The molecule has 4 heteroatoms. The van der Waals surface area contributed by atoms with Gasteiger partial charge < -0.3 is 14.3 Å². The Kier molecular flexibility index (Phi) is 2.92. The SMILES string of the molecule is CCOCc1oc2ccccc2c1C(=O)O. The van der Waals surface area contributed by atoms with Gasteiger partial charge in [0.1, 0.15) is 23.5 Å². The second-order valence-corrected chi connectivity index (χ2v) is 3.34. The third kappa shape index (κ3) is 1.79. The maximum Gasteiger partial charge on any atom is 0.340 e. The lowest BCUT2D eigenvalue weighted by Crippen LogP contribution is -2.01. The molecule has 0 aliphatic rings. The van der Waals surface area contributed by atoms with Crippen LogP contribution >= 0.6 is 0 Å². The fraction of sp³-hybridized carbons (Fsp3) is 0.250. The number of para-hydroxylation sites is 1. The average molecular weight is 220 g/mol. The molecule has 0 atom stereocenters. The predicted molar refractivity (Wildman–Crippen MR) is 58.5 cm³/mol. The molecule has 0 radical (unpaired) electrons. The van der Waals surface area contributed by atoms with E-state index in [4.69, 9.17) is 14.3 Å². The minimum atomic E-state index is -0.986. The summed E-state index contributed by atoms with van der Waals surface area (Å²) >= 11 is 0. The first-order valence-electron chi connectivity index (χ1n) is 5.05. The first-order chi connectivity index (χ1) is 7.74. The third-order valence-electron chi connectivity index (χ3n) is 2.32. The largest absolute Gasteiger partial charge is 0.478 e.